The highest BCUT2D eigenvalue weighted by molar-refractivity contribution is 6.36. The predicted octanol–water partition coefficient (Wildman–Crippen LogP) is 4.95. The van der Waals surface area contributed by atoms with Crippen LogP contribution in [0.4, 0.5) is 17.1 Å². The third-order valence-corrected chi connectivity index (χ3v) is 6.39. The second-order valence-electron chi connectivity index (χ2n) is 7.58. The fourth-order valence-electron chi connectivity index (χ4n) is 4.27. The van der Waals surface area contributed by atoms with E-state index in [0.717, 1.165) is 4.90 Å². The molecule has 8 nitrogen and oxygen atoms in total. The number of nitrogens with zero attached hydrogens (tertiary/aromatic N) is 3. The van der Waals surface area contributed by atoms with Crippen molar-refractivity contribution in [3.8, 4) is 0 Å². The van der Waals surface area contributed by atoms with Crippen molar-refractivity contribution in [3.63, 3.8) is 0 Å². The van der Waals surface area contributed by atoms with Gasteiger partial charge in [-0.25, -0.2) is 9.96 Å². The number of benzene rings is 3. The third-order valence-electron chi connectivity index (χ3n) is 5.73. The number of hydrogen-bond donors (Lipinski definition) is 0. The van der Waals surface area contributed by atoms with E-state index in [1.807, 2.05) is 6.07 Å². The number of nitro benzene ring substituents is 1. The summed E-state index contributed by atoms with van der Waals surface area (Å²) in [5.74, 6) is -2.08. The molecule has 0 N–H and O–H groups in total. The van der Waals surface area contributed by atoms with E-state index in [4.69, 9.17) is 28.0 Å². The van der Waals surface area contributed by atoms with Crippen molar-refractivity contribution in [3.05, 3.63) is 98.5 Å². The van der Waals surface area contributed by atoms with Gasteiger partial charge in [0.2, 0.25) is 5.91 Å². The number of imide groups is 1. The van der Waals surface area contributed by atoms with Crippen LogP contribution >= 0.6 is 23.2 Å². The van der Waals surface area contributed by atoms with Crippen LogP contribution in [0, 0.1) is 16.0 Å². The maximum Gasteiger partial charge on any atom is 0.269 e. The SMILES string of the molecule is O=C1[C@@H]2[C@@H](c3cc([N+](=O)[O-])ccc3Cl)N(c3ccccc3)O[C@H]2C(=O)N1c1ccccc1Cl. The van der Waals surface area contributed by atoms with Gasteiger partial charge in [-0.05, 0) is 30.3 Å². The first kappa shape index (κ1) is 21.4. The van der Waals surface area contributed by atoms with E-state index in [1.54, 1.807) is 48.5 Å². The molecule has 0 bridgehead atoms. The lowest BCUT2D eigenvalue weighted by Gasteiger charge is -2.29. The van der Waals surface area contributed by atoms with Crippen LogP contribution in [0.3, 0.4) is 0 Å². The Morgan fingerprint density at radius 1 is 0.879 bits per heavy atom. The molecule has 3 aromatic carbocycles. The lowest BCUT2D eigenvalue weighted by Crippen LogP contribution is -2.37. The maximum absolute atomic E-state index is 13.6. The topological polar surface area (TPSA) is 93.0 Å². The highest BCUT2D eigenvalue weighted by Gasteiger charge is 2.61. The summed E-state index contributed by atoms with van der Waals surface area (Å²) in [6.45, 7) is 0. The Bertz CT molecular complexity index is 1290. The van der Waals surface area contributed by atoms with Crippen molar-refractivity contribution in [2.75, 3.05) is 9.96 Å². The van der Waals surface area contributed by atoms with E-state index < -0.39 is 34.8 Å². The maximum atomic E-state index is 13.6. The summed E-state index contributed by atoms with van der Waals surface area (Å²) in [5, 5.41) is 13.3. The van der Waals surface area contributed by atoms with Gasteiger partial charge < -0.3 is 0 Å². The number of hydrogen-bond acceptors (Lipinski definition) is 6. The van der Waals surface area contributed by atoms with Gasteiger partial charge in [0, 0.05) is 22.7 Å². The molecule has 10 heteroatoms. The first-order valence-corrected chi connectivity index (χ1v) is 10.7. The van der Waals surface area contributed by atoms with Gasteiger partial charge in [0.25, 0.3) is 11.6 Å². The molecule has 166 valence electrons. The van der Waals surface area contributed by atoms with Crippen LogP contribution in [0.25, 0.3) is 0 Å². The second-order valence-corrected chi connectivity index (χ2v) is 8.40. The minimum atomic E-state index is -1.14. The van der Waals surface area contributed by atoms with Crippen molar-refractivity contribution in [2.24, 2.45) is 5.92 Å². The van der Waals surface area contributed by atoms with Crippen LogP contribution in [0.2, 0.25) is 10.0 Å². The van der Waals surface area contributed by atoms with Crippen molar-refractivity contribution in [2.45, 2.75) is 12.1 Å². The second kappa shape index (κ2) is 8.15. The number of anilines is 2. The van der Waals surface area contributed by atoms with E-state index in [1.165, 1.54) is 23.3 Å². The lowest BCUT2D eigenvalue weighted by molar-refractivity contribution is -0.384. The van der Waals surface area contributed by atoms with Crippen molar-refractivity contribution in [1.29, 1.82) is 0 Å². The molecule has 0 unspecified atom stereocenters. The Labute approximate surface area is 198 Å². The molecule has 2 fully saturated rings. The van der Waals surface area contributed by atoms with E-state index in [9.17, 15) is 19.7 Å². The highest BCUT2D eigenvalue weighted by Crippen LogP contribution is 2.50. The number of halogens is 2. The molecule has 3 aromatic rings. The number of fused-ring (bicyclic) bond motifs is 1. The number of nitro groups is 1. The minimum Gasteiger partial charge on any atom is -0.273 e. The molecule has 0 spiro atoms. The van der Waals surface area contributed by atoms with Crippen LogP contribution in [-0.4, -0.2) is 22.8 Å². The van der Waals surface area contributed by atoms with Crippen molar-refractivity contribution in [1.82, 2.24) is 0 Å². The quantitative estimate of drug-likeness (QED) is 0.296. The Morgan fingerprint density at radius 2 is 1.58 bits per heavy atom. The molecule has 0 aromatic heterocycles. The standard InChI is InChI=1S/C23H15Cl2N3O5/c24-16-11-10-14(28(31)32)12-15(16)20-19-21(33-27(20)13-6-2-1-3-7-13)23(30)26(22(19)29)18-9-5-4-8-17(18)25/h1-12,19-21H/t19-,20-,21-/m1/s1. The van der Waals surface area contributed by atoms with Gasteiger partial charge in [-0.15, -0.1) is 0 Å². The fraction of sp³-hybridized carbons (Fsp3) is 0.130. The Kier molecular flexibility index (Phi) is 5.28. The molecular weight excluding hydrogens is 469 g/mol. The molecular formula is C23H15Cl2N3O5. The predicted molar refractivity (Wildman–Crippen MR) is 122 cm³/mol. The number of para-hydroxylation sites is 2. The number of hydroxylamine groups is 1. The molecule has 5 rings (SSSR count). The zero-order valence-corrected chi connectivity index (χ0v) is 18.3. The molecule has 2 heterocycles. The van der Waals surface area contributed by atoms with Gasteiger partial charge in [-0.3, -0.25) is 24.5 Å². The summed E-state index contributed by atoms with van der Waals surface area (Å²) in [7, 11) is 0. The number of rotatable bonds is 4. The number of non-ortho nitro benzene ring substituents is 1. The molecule has 0 radical (unpaired) electrons. The van der Waals surface area contributed by atoms with E-state index in [-0.39, 0.29) is 21.4 Å². The Balaban J connectivity index is 1.65. The highest BCUT2D eigenvalue weighted by atomic mass is 35.5. The largest absolute Gasteiger partial charge is 0.273 e. The van der Waals surface area contributed by atoms with Gasteiger partial charge >= 0.3 is 0 Å². The summed E-state index contributed by atoms with van der Waals surface area (Å²) in [4.78, 5) is 44.8. The first-order valence-electron chi connectivity index (χ1n) is 9.95. The van der Waals surface area contributed by atoms with Gasteiger partial charge in [0.15, 0.2) is 6.10 Å². The number of carbonyl (C=O) groups is 2. The normalized spacial score (nSPS) is 22.1. The molecule has 3 atom stereocenters. The Morgan fingerprint density at radius 3 is 2.27 bits per heavy atom. The summed E-state index contributed by atoms with van der Waals surface area (Å²) < 4.78 is 0. The Hall–Kier alpha value is -3.46. The average molecular weight is 484 g/mol. The summed E-state index contributed by atoms with van der Waals surface area (Å²) in [5.41, 5.74) is 0.946. The smallest absolute Gasteiger partial charge is 0.269 e. The molecule has 0 saturated carbocycles. The lowest BCUT2D eigenvalue weighted by atomic mass is 9.90. The van der Waals surface area contributed by atoms with Crippen LogP contribution in [0.1, 0.15) is 11.6 Å². The molecule has 2 aliphatic rings. The molecule has 33 heavy (non-hydrogen) atoms. The van der Waals surface area contributed by atoms with Crippen LogP contribution in [0.5, 0.6) is 0 Å². The molecule has 2 aliphatic heterocycles. The van der Waals surface area contributed by atoms with Gasteiger partial charge in [-0.1, -0.05) is 53.5 Å². The zero-order chi connectivity index (χ0) is 23.3. The average Bonchev–Trinajstić information content (AvgIpc) is 3.31. The molecule has 0 aliphatic carbocycles. The number of amides is 2. The fourth-order valence-corrected chi connectivity index (χ4v) is 4.72. The zero-order valence-electron chi connectivity index (χ0n) is 16.8. The van der Waals surface area contributed by atoms with E-state index in [2.05, 4.69) is 0 Å². The van der Waals surface area contributed by atoms with Crippen molar-refractivity contribution >= 4 is 52.1 Å². The summed E-state index contributed by atoms with van der Waals surface area (Å²) in [6, 6.07) is 18.5. The molecule has 2 amide bonds. The summed E-state index contributed by atoms with van der Waals surface area (Å²) >= 11 is 12.7. The minimum absolute atomic E-state index is 0.189. The van der Waals surface area contributed by atoms with Crippen molar-refractivity contribution < 1.29 is 19.3 Å². The molecule has 2 saturated heterocycles. The van der Waals surface area contributed by atoms with Crippen LogP contribution in [0.15, 0.2) is 72.8 Å². The first-order chi connectivity index (χ1) is 15.9. The third kappa shape index (κ3) is 3.43. The monoisotopic (exact) mass is 483 g/mol. The van der Waals surface area contributed by atoms with Crippen LogP contribution < -0.4 is 9.96 Å². The van der Waals surface area contributed by atoms with E-state index >= 15 is 0 Å². The summed E-state index contributed by atoms with van der Waals surface area (Å²) in [6.07, 6.45) is -1.14. The van der Waals surface area contributed by atoms with Gasteiger partial charge in [0.05, 0.1) is 27.4 Å². The van der Waals surface area contributed by atoms with Crippen LogP contribution in [-0.2, 0) is 14.4 Å². The number of carbonyl (C=O) groups excluding carboxylic acids is 2. The van der Waals surface area contributed by atoms with Gasteiger partial charge in [0.1, 0.15) is 5.92 Å². The van der Waals surface area contributed by atoms with E-state index in [0.29, 0.717) is 11.3 Å². The van der Waals surface area contributed by atoms with Gasteiger partial charge in [-0.2, -0.15) is 0 Å².